The van der Waals surface area contributed by atoms with E-state index in [1.54, 1.807) is 29.2 Å². The number of anilines is 2. The number of carbonyl (C=O) groups is 1. The molecule has 9 nitrogen and oxygen atoms in total. The molecule has 31 heavy (non-hydrogen) atoms. The number of H-pyrrole nitrogens is 1. The van der Waals surface area contributed by atoms with Crippen LogP contribution in [0.1, 0.15) is 0 Å². The molecule has 0 spiro atoms. The molecule has 0 aliphatic carbocycles. The molecule has 11 heteroatoms. The molecule has 3 aromatic rings. The van der Waals surface area contributed by atoms with Gasteiger partial charge in [0, 0.05) is 37.0 Å². The number of hydrogen-bond donors (Lipinski definition) is 2. The second-order valence-electron chi connectivity index (χ2n) is 6.85. The van der Waals surface area contributed by atoms with E-state index >= 15 is 0 Å². The first-order valence-electron chi connectivity index (χ1n) is 9.71. The molecule has 0 unspecified atom stereocenters. The lowest BCUT2D eigenvalue weighted by Gasteiger charge is -2.35. The van der Waals surface area contributed by atoms with Gasteiger partial charge in [-0.05, 0) is 24.3 Å². The van der Waals surface area contributed by atoms with Gasteiger partial charge in [-0.25, -0.2) is 4.98 Å². The lowest BCUT2D eigenvalue weighted by atomic mass is 10.3. The van der Waals surface area contributed by atoms with Gasteiger partial charge in [0.1, 0.15) is 5.75 Å². The fraction of sp³-hybridized carbons (Fsp3) is 0.300. The third kappa shape index (κ3) is 5.02. The number of aromatic amines is 1. The topological polar surface area (TPSA) is 113 Å². The SMILES string of the molecule is C=CCSc1nc2c(N3CCN(C(=O)COc4ccc(Cl)cc4)CC3)nc(N)nc2[nH]1. The van der Waals surface area contributed by atoms with Crippen LogP contribution in [0.4, 0.5) is 11.8 Å². The molecule has 1 aliphatic rings. The molecule has 4 rings (SSSR count). The number of nitrogens with one attached hydrogen (secondary N) is 1. The van der Waals surface area contributed by atoms with E-state index < -0.39 is 0 Å². The van der Waals surface area contributed by atoms with Crippen molar-refractivity contribution in [3.8, 4) is 5.75 Å². The average Bonchev–Trinajstić information content (AvgIpc) is 3.19. The highest BCUT2D eigenvalue weighted by Gasteiger charge is 2.25. The van der Waals surface area contributed by atoms with Gasteiger partial charge in [0.2, 0.25) is 5.95 Å². The van der Waals surface area contributed by atoms with Crippen molar-refractivity contribution in [1.29, 1.82) is 0 Å². The smallest absolute Gasteiger partial charge is 0.260 e. The molecular weight excluding hydrogens is 438 g/mol. The van der Waals surface area contributed by atoms with Crippen molar-refractivity contribution in [2.75, 3.05) is 49.2 Å². The van der Waals surface area contributed by atoms with Crippen LogP contribution in [-0.4, -0.2) is 69.3 Å². The van der Waals surface area contributed by atoms with Crippen molar-refractivity contribution >= 4 is 52.2 Å². The molecule has 1 saturated heterocycles. The Morgan fingerprint density at radius 1 is 1.23 bits per heavy atom. The molecule has 2 aromatic heterocycles. The van der Waals surface area contributed by atoms with Crippen molar-refractivity contribution in [2.24, 2.45) is 0 Å². The third-order valence-electron chi connectivity index (χ3n) is 4.77. The molecule has 0 bridgehead atoms. The van der Waals surface area contributed by atoms with E-state index in [4.69, 9.17) is 22.1 Å². The molecule has 1 fully saturated rings. The summed E-state index contributed by atoms with van der Waals surface area (Å²) in [7, 11) is 0. The number of imidazole rings is 1. The fourth-order valence-electron chi connectivity index (χ4n) is 3.24. The lowest BCUT2D eigenvalue weighted by molar-refractivity contribution is -0.133. The Morgan fingerprint density at radius 3 is 2.68 bits per heavy atom. The summed E-state index contributed by atoms with van der Waals surface area (Å²) in [4.78, 5) is 32.8. The Labute approximate surface area is 188 Å². The van der Waals surface area contributed by atoms with Crippen molar-refractivity contribution in [3.63, 3.8) is 0 Å². The molecule has 1 aliphatic heterocycles. The van der Waals surface area contributed by atoms with E-state index in [1.165, 1.54) is 11.8 Å². The minimum atomic E-state index is -0.0650. The number of halogens is 1. The highest BCUT2D eigenvalue weighted by atomic mass is 35.5. The van der Waals surface area contributed by atoms with Crippen LogP contribution in [0.5, 0.6) is 5.75 Å². The summed E-state index contributed by atoms with van der Waals surface area (Å²) in [6, 6.07) is 6.93. The fourth-order valence-corrected chi connectivity index (χ4v) is 3.97. The van der Waals surface area contributed by atoms with Gasteiger partial charge in [0.15, 0.2) is 28.7 Å². The zero-order chi connectivity index (χ0) is 21.8. The van der Waals surface area contributed by atoms with E-state index in [2.05, 4.69) is 31.4 Å². The Morgan fingerprint density at radius 2 is 1.97 bits per heavy atom. The number of amides is 1. The predicted octanol–water partition coefficient (Wildman–Crippen LogP) is 2.59. The second-order valence-corrected chi connectivity index (χ2v) is 8.30. The molecular formula is C20H22ClN7O2S. The van der Waals surface area contributed by atoms with Gasteiger partial charge in [-0.15, -0.1) is 6.58 Å². The number of carbonyl (C=O) groups excluding carboxylic acids is 1. The number of benzene rings is 1. The van der Waals surface area contributed by atoms with Gasteiger partial charge in [-0.3, -0.25) is 4.79 Å². The van der Waals surface area contributed by atoms with Crippen LogP contribution in [0, 0.1) is 0 Å². The number of piperazine rings is 1. The number of thioether (sulfide) groups is 1. The van der Waals surface area contributed by atoms with Crippen LogP contribution in [0.25, 0.3) is 11.2 Å². The molecule has 0 radical (unpaired) electrons. The number of nitrogens with two attached hydrogens (primary N) is 1. The lowest BCUT2D eigenvalue weighted by Crippen LogP contribution is -2.50. The van der Waals surface area contributed by atoms with Crippen LogP contribution in [0.3, 0.4) is 0 Å². The van der Waals surface area contributed by atoms with E-state index in [0.29, 0.717) is 53.9 Å². The molecule has 1 aromatic carbocycles. The number of fused-ring (bicyclic) bond motifs is 1. The number of ether oxygens (including phenoxy) is 1. The largest absolute Gasteiger partial charge is 0.484 e. The van der Waals surface area contributed by atoms with Crippen LogP contribution < -0.4 is 15.4 Å². The van der Waals surface area contributed by atoms with E-state index in [9.17, 15) is 4.79 Å². The Kier molecular flexibility index (Phi) is 6.47. The molecule has 1 amide bonds. The first kappa shape index (κ1) is 21.3. The van der Waals surface area contributed by atoms with Crippen molar-refractivity contribution < 1.29 is 9.53 Å². The number of nitrogens with zero attached hydrogens (tertiary/aromatic N) is 5. The standard InChI is InChI=1S/C20H22ClN7O2S/c1-2-11-31-20-23-16-17(25-20)24-19(22)26-18(16)28-9-7-27(8-10-28)15(29)12-30-14-5-3-13(21)4-6-14/h2-6H,1,7-12H2,(H3,22,23,24,25,26). The Bertz CT molecular complexity index is 1080. The third-order valence-corrected chi connectivity index (χ3v) is 5.89. The quantitative estimate of drug-likeness (QED) is 0.409. The maximum atomic E-state index is 12.5. The predicted molar refractivity (Wildman–Crippen MR) is 123 cm³/mol. The van der Waals surface area contributed by atoms with Crippen LogP contribution in [-0.2, 0) is 4.79 Å². The molecule has 162 valence electrons. The van der Waals surface area contributed by atoms with Crippen LogP contribution in [0.2, 0.25) is 5.02 Å². The number of nitrogen functional groups attached to an aromatic ring is 1. The number of hydrogen-bond acceptors (Lipinski definition) is 8. The van der Waals surface area contributed by atoms with Gasteiger partial charge in [-0.2, -0.15) is 9.97 Å². The molecule has 0 saturated carbocycles. The zero-order valence-corrected chi connectivity index (χ0v) is 18.3. The number of rotatable bonds is 7. The van der Waals surface area contributed by atoms with Gasteiger partial charge in [-0.1, -0.05) is 29.4 Å². The summed E-state index contributed by atoms with van der Waals surface area (Å²) in [5.74, 6) is 2.13. The number of aromatic nitrogens is 4. The summed E-state index contributed by atoms with van der Waals surface area (Å²) in [6.07, 6.45) is 1.81. The molecule has 0 atom stereocenters. The first-order chi connectivity index (χ1) is 15.0. The Hall–Kier alpha value is -2.98. The maximum absolute atomic E-state index is 12.5. The minimum Gasteiger partial charge on any atom is -0.484 e. The Balaban J connectivity index is 1.39. The summed E-state index contributed by atoms with van der Waals surface area (Å²) >= 11 is 7.40. The highest BCUT2D eigenvalue weighted by Crippen LogP contribution is 2.27. The summed E-state index contributed by atoms with van der Waals surface area (Å²) in [5.41, 5.74) is 7.19. The monoisotopic (exact) mass is 459 g/mol. The average molecular weight is 460 g/mol. The van der Waals surface area contributed by atoms with Crippen molar-refractivity contribution in [2.45, 2.75) is 5.16 Å². The minimum absolute atomic E-state index is 0.0183. The van der Waals surface area contributed by atoms with E-state index in [-0.39, 0.29) is 18.5 Å². The summed E-state index contributed by atoms with van der Waals surface area (Å²) < 4.78 is 5.57. The van der Waals surface area contributed by atoms with Gasteiger partial charge in [0.05, 0.1) is 0 Å². The van der Waals surface area contributed by atoms with Crippen molar-refractivity contribution in [3.05, 3.63) is 41.9 Å². The first-order valence-corrected chi connectivity index (χ1v) is 11.1. The van der Waals surface area contributed by atoms with Gasteiger partial charge in [0.25, 0.3) is 5.91 Å². The van der Waals surface area contributed by atoms with Crippen LogP contribution in [0.15, 0.2) is 42.1 Å². The van der Waals surface area contributed by atoms with Gasteiger partial charge < -0.3 is 25.3 Å². The summed E-state index contributed by atoms with van der Waals surface area (Å²) in [5, 5.41) is 1.36. The summed E-state index contributed by atoms with van der Waals surface area (Å²) in [6.45, 7) is 6.03. The normalized spacial score (nSPS) is 14.1. The maximum Gasteiger partial charge on any atom is 0.260 e. The van der Waals surface area contributed by atoms with E-state index in [0.717, 1.165) is 10.9 Å². The van der Waals surface area contributed by atoms with Crippen molar-refractivity contribution in [1.82, 2.24) is 24.8 Å². The van der Waals surface area contributed by atoms with E-state index in [1.807, 2.05) is 6.08 Å². The highest BCUT2D eigenvalue weighted by molar-refractivity contribution is 7.99. The van der Waals surface area contributed by atoms with Gasteiger partial charge >= 0.3 is 0 Å². The molecule has 3 N–H and O–H groups in total. The molecule has 3 heterocycles. The second kappa shape index (κ2) is 9.44. The van der Waals surface area contributed by atoms with Crippen LogP contribution >= 0.6 is 23.4 Å². The zero-order valence-electron chi connectivity index (χ0n) is 16.8.